The quantitative estimate of drug-likeness (QED) is 0.758. The van der Waals surface area contributed by atoms with E-state index in [-0.39, 0.29) is 17.8 Å². The van der Waals surface area contributed by atoms with Crippen LogP contribution in [0.1, 0.15) is 32.0 Å². The summed E-state index contributed by atoms with van der Waals surface area (Å²) in [6, 6.07) is 2.94. The van der Waals surface area contributed by atoms with E-state index >= 15 is 0 Å². The highest BCUT2D eigenvalue weighted by Crippen LogP contribution is 2.18. The first-order valence-corrected chi connectivity index (χ1v) is 7.68. The summed E-state index contributed by atoms with van der Waals surface area (Å²) >= 11 is 0. The lowest BCUT2D eigenvalue weighted by molar-refractivity contribution is 0.202. The second-order valence-corrected chi connectivity index (χ2v) is 6.01. The number of nitrogens with two attached hydrogens (primary N) is 1. The molecule has 0 aromatic carbocycles. The molecule has 4 nitrogen and oxygen atoms in total. The third-order valence-corrected chi connectivity index (χ3v) is 3.65. The largest absolute Gasteiger partial charge is 0.322 e. The van der Waals surface area contributed by atoms with E-state index in [1.165, 1.54) is 12.3 Å². The highest BCUT2D eigenvalue weighted by molar-refractivity contribution is 5.10. The normalized spacial score (nSPS) is 14.7. The van der Waals surface area contributed by atoms with E-state index in [2.05, 4.69) is 42.7 Å². The summed E-state index contributed by atoms with van der Waals surface area (Å²) in [7, 11) is 4.17. The van der Waals surface area contributed by atoms with Gasteiger partial charge in [0.05, 0.1) is 17.9 Å². The summed E-state index contributed by atoms with van der Waals surface area (Å²) in [6.45, 7) is 8.40. The van der Waals surface area contributed by atoms with E-state index in [9.17, 15) is 4.39 Å². The van der Waals surface area contributed by atoms with Gasteiger partial charge in [-0.3, -0.25) is 4.98 Å². The monoisotopic (exact) mass is 296 g/mol. The molecule has 0 spiro atoms. The Morgan fingerprint density at radius 3 is 2.48 bits per heavy atom. The number of pyridine rings is 1. The zero-order valence-electron chi connectivity index (χ0n) is 13.7. The van der Waals surface area contributed by atoms with Crippen LogP contribution in [0, 0.1) is 11.7 Å². The number of rotatable bonds is 9. The van der Waals surface area contributed by atoms with Crippen molar-refractivity contribution in [3.63, 3.8) is 0 Å². The molecule has 0 saturated carbocycles. The fraction of sp³-hybridized carbons (Fsp3) is 0.688. The van der Waals surface area contributed by atoms with Crippen molar-refractivity contribution in [2.45, 2.75) is 26.3 Å². The fourth-order valence-electron chi connectivity index (χ4n) is 2.35. The molecule has 1 aromatic rings. The van der Waals surface area contributed by atoms with E-state index in [4.69, 9.17) is 5.73 Å². The second kappa shape index (κ2) is 9.07. The summed E-state index contributed by atoms with van der Waals surface area (Å²) < 4.78 is 12.9. The molecule has 0 saturated heterocycles. The topological polar surface area (TPSA) is 45.4 Å². The van der Waals surface area contributed by atoms with Crippen LogP contribution in [0.5, 0.6) is 0 Å². The van der Waals surface area contributed by atoms with Crippen molar-refractivity contribution in [3.05, 3.63) is 29.8 Å². The molecule has 120 valence electrons. The van der Waals surface area contributed by atoms with Crippen LogP contribution < -0.4 is 5.73 Å². The second-order valence-electron chi connectivity index (χ2n) is 6.01. The zero-order valence-corrected chi connectivity index (χ0v) is 13.7. The molecule has 0 bridgehead atoms. The summed E-state index contributed by atoms with van der Waals surface area (Å²) in [5.74, 6) is -0.0473. The third kappa shape index (κ3) is 6.50. The zero-order chi connectivity index (χ0) is 15.8. The Morgan fingerprint density at radius 1 is 1.24 bits per heavy atom. The average molecular weight is 296 g/mol. The molecule has 0 aliphatic rings. The highest BCUT2D eigenvalue weighted by atomic mass is 19.1. The van der Waals surface area contributed by atoms with Gasteiger partial charge in [0.25, 0.3) is 0 Å². The van der Waals surface area contributed by atoms with Crippen molar-refractivity contribution in [2.75, 3.05) is 40.3 Å². The van der Waals surface area contributed by atoms with E-state index in [1.54, 1.807) is 6.07 Å². The SMILES string of the molecule is CCCN(CCN(C)C)CC(C)C(N)c1ccc(F)cn1. The standard InChI is InChI=1S/C16H29FN4/c1-5-8-21(10-9-20(3)4)12-13(2)16(18)15-7-6-14(17)11-19-15/h6-7,11,13,16H,5,8-10,12,18H2,1-4H3. The summed E-state index contributed by atoms with van der Waals surface area (Å²) in [5.41, 5.74) is 7.02. The van der Waals surface area contributed by atoms with Crippen molar-refractivity contribution in [2.24, 2.45) is 11.7 Å². The number of aromatic nitrogens is 1. The van der Waals surface area contributed by atoms with Crippen molar-refractivity contribution in [3.8, 4) is 0 Å². The van der Waals surface area contributed by atoms with Crippen LogP contribution >= 0.6 is 0 Å². The molecule has 0 aliphatic heterocycles. The molecule has 0 radical (unpaired) electrons. The predicted octanol–water partition coefficient (Wildman–Crippen LogP) is 2.13. The van der Waals surface area contributed by atoms with Crippen LogP contribution in [0.3, 0.4) is 0 Å². The molecule has 0 aliphatic carbocycles. The van der Waals surface area contributed by atoms with Gasteiger partial charge >= 0.3 is 0 Å². The van der Waals surface area contributed by atoms with E-state index in [1.807, 2.05) is 0 Å². The average Bonchev–Trinajstić information content (AvgIpc) is 2.45. The number of hydrogen-bond acceptors (Lipinski definition) is 4. The van der Waals surface area contributed by atoms with Crippen LogP contribution in [-0.4, -0.2) is 55.1 Å². The minimum absolute atomic E-state index is 0.163. The molecule has 0 amide bonds. The molecule has 2 N–H and O–H groups in total. The van der Waals surface area contributed by atoms with E-state index < -0.39 is 0 Å². The fourth-order valence-corrected chi connectivity index (χ4v) is 2.35. The Labute approximate surface area is 128 Å². The van der Waals surface area contributed by atoms with Gasteiger partial charge in [-0.1, -0.05) is 13.8 Å². The van der Waals surface area contributed by atoms with Crippen molar-refractivity contribution < 1.29 is 4.39 Å². The Hall–Kier alpha value is -1.04. The number of nitrogens with zero attached hydrogens (tertiary/aromatic N) is 3. The lowest BCUT2D eigenvalue weighted by Gasteiger charge is -2.29. The van der Waals surface area contributed by atoms with Crippen LogP contribution in [0.2, 0.25) is 0 Å². The van der Waals surface area contributed by atoms with Gasteiger partial charge < -0.3 is 15.5 Å². The van der Waals surface area contributed by atoms with Gasteiger partial charge in [-0.15, -0.1) is 0 Å². The van der Waals surface area contributed by atoms with Crippen molar-refractivity contribution in [1.29, 1.82) is 0 Å². The maximum absolute atomic E-state index is 12.9. The molecule has 1 heterocycles. The number of likely N-dealkylation sites (N-methyl/N-ethyl adjacent to an activating group) is 1. The molecule has 5 heteroatoms. The van der Waals surface area contributed by atoms with Crippen molar-refractivity contribution in [1.82, 2.24) is 14.8 Å². The molecule has 1 rings (SSSR count). The van der Waals surface area contributed by atoms with E-state index in [0.717, 1.165) is 38.3 Å². The molecule has 2 unspecified atom stereocenters. The molecule has 0 fully saturated rings. The van der Waals surface area contributed by atoms with Gasteiger partial charge in [-0.05, 0) is 45.1 Å². The minimum atomic E-state index is -0.322. The maximum Gasteiger partial charge on any atom is 0.141 e. The number of hydrogen-bond donors (Lipinski definition) is 1. The van der Waals surface area contributed by atoms with Crippen LogP contribution in [0.4, 0.5) is 4.39 Å². The predicted molar refractivity (Wildman–Crippen MR) is 85.6 cm³/mol. The van der Waals surface area contributed by atoms with Gasteiger partial charge in [0, 0.05) is 19.6 Å². The van der Waals surface area contributed by atoms with Gasteiger partial charge in [-0.2, -0.15) is 0 Å². The minimum Gasteiger partial charge on any atom is -0.322 e. The Morgan fingerprint density at radius 2 is 1.95 bits per heavy atom. The Balaban J connectivity index is 2.58. The lowest BCUT2D eigenvalue weighted by Crippen LogP contribution is -2.38. The van der Waals surface area contributed by atoms with E-state index in [0.29, 0.717) is 0 Å². The first kappa shape index (κ1) is 18.0. The summed E-state index contributed by atoms with van der Waals surface area (Å²) in [6.07, 6.45) is 2.36. The molecular weight excluding hydrogens is 267 g/mol. The number of halogens is 1. The molecule has 2 atom stereocenters. The lowest BCUT2D eigenvalue weighted by atomic mass is 9.98. The van der Waals surface area contributed by atoms with Crippen LogP contribution in [0.25, 0.3) is 0 Å². The summed E-state index contributed by atoms with van der Waals surface area (Å²) in [5, 5.41) is 0. The third-order valence-electron chi connectivity index (χ3n) is 3.65. The summed E-state index contributed by atoms with van der Waals surface area (Å²) in [4.78, 5) is 8.73. The Bertz CT molecular complexity index is 394. The first-order chi connectivity index (χ1) is 9.93. The maximum atomic E-state index is 12.9. The van der Waals surface area contributed by atoms with Gasteiger partial charge in [0.2, 0.25) is 0 Å². The highest BCUT2D eigenvalue weighted by Gasteiger charge is 2.19. The molecule has 21 heavy (non-hydrogen) atoms. The smallest absolute Gasteiger partial charge is 0.141 e. The van der Waals surface area contributed by atoms with Gasteiger partial charge in [-0.25, -0.2) is 4.39 Å². The Kier molecular flexibility index (Phi) is 7.78. The van der Waals surface area contributed by atoms with Crippen molar-refractivity contribution >= 4 is 0 Å². The first-order valence-electron chi connectivity index (χ1n) is 7.68. The van der Waals surface area contributed by atoms with Gasteiger partial charge in [0.15, 0.2) is 0 Å². The van der Waals surface area contributed by atoms with Crippen LogP contribution in [-0.2, 0) is 0 Å². The van der Waals surface area contributed by atoms with Crippen LogP contribution in [0.15, 0.2) is 18.3 Å². The molecular formula is C16H29FN4. The molecule has 1 aromatic heterocycles. The van der Waals surface area contributed by atoms with Gasteiger partial charge in [0.1, 0.15) is 5.82 Å².